The predicted octanol–water partition coefficient (Wildman–Crippen LogP) is 0.825. The van der Waals surface area contributed by atoms with Gasteiger partial charge in [-0.3, -0.25) is 4.79 Å². The van der Waals surface area contributed by atoms with Gasteiger partial charge in [-0.25, -0.2) is 4.68 Å². The van der Waals surface area contributed by atoms with Crippen molar-refractivity contribution in [1.29, 1.82) is 0 Å². The molecule has 0 radical (unpaired) electrons. The van der Waals surface area contributed by atoms with Crippen LogP contribution < -0.4 is 16.8 Å². The van der Waals surface area contributed by atoms with Crippen LogP contribution in [0.25, 0.3) is 0 Å². The molecule has 1 aliphatic heterocycles. The summed E-state index contributed by atoms with van der Waals surface area (Å²) in [6.07, 6.45) is 2.76. The van der Waals surface area contributed by atoms with Crippen LogP contribution in [0, 0.1) is 0 Å². The summed E-state index contributed by atoms with van der Waals surface area (Å²) < 4.78 is 7.43. The molecule has 1 unspecified atom stereocenters. The number of carbonyl (C=O) groups excluding carboxylic acids is 1. The highest BCUT2D eigenvalue weighted by Gasteiger charge is 2.30. The number of primary amides is 1. The predicted molar refractivity (Wildman–Crippen MR) is 99.0 cm³/mol. The van der Waals surface area contributed by atoms with Crippen LogP contribution in [0.15, 0.2) is 24.3 Å². The fourth-order valence-corrected chi connectivity index (χ4v) is 4.03. The number of nitrogens with one attached hydrogen (secondary N) is 1. The molecule has 26 heavy (non-hydrogen) atoms. The summed E-state index contributed by atoms with van der Waals surface area (Å²) in [6, 6.07) is 8.43. The third kappa shape index (κ3) is 3.20. The van der Waals surface area contributed by atoms with Gasteiger partial charge in [0, 0.05) is 19.0 Å². The number of anilines is 1. The Morgan fingerprint density at radius 2 is 2.15 bits per heavy atom. The van der Waals surface area contributed by atoms with Crippen LogP contribution in [-0.2, 0) is 24.1 Å². The van der Waals surface area contributed by atoms with Gasteiger partial charge in [0.25, 0.3) is 5.91 Å². The molecule has 4 rings (SSSR count). The lowest BCUT2D eigenvalue weighted by atomic mass is 9.81. The highest BCUT2D eigenvalue weighted by molar-refractivity contribution is 5.98. The minimum atomic E-state index is -0.509. The maximum atomic E-state index is 12.1. The van der Waals surface area contributed by atoms with E-state index in [0.29, 0.717) is 24.5 Å². The number of carbonyl (C=O) groups is 1. The number of aromatic nitrogens is 2. The molecule has 1 aromatic heterocycles. The summed E-state index contributed by atoms with van der Waals surface area (Å²) >= 11 is 0. The Morgan fingerprint density at radius 3 is 2.88 bits per heavy atom. The summed E-state index contributed by atoms with van der Waals surface area (Å²) in [5.41, 5.74) is 15.7. The van der Waals surface area contributed by atoms with Crippen molar-refractivity contribution in [2.75, 3.05) is 25.4 Å². The zero-order valence-electron chi connectivity index (χ0n) is 14.8. The van der Waals surface area contributed by atoms with E-state index in [1.54, 1.807) is 4.68 Å². The summed E-state index contributed by atoms with van der Waals surface area (Å²) in [6.45, 7) is 2.78. The topological polar surface area (TPSA) is 108 Å². The van der Waals surface area contributed by atoms with Crippen LogP contribution in [0.3, 0.4) is 0 Å². The minimum Gasteiger partial charge on any atom is -0.383 e. The summed E-state index contributed by atoms with van der Waals surface area (Å²) in [5.74, 6) is -0.00724. The second-order valence-electron chi connectivity index (χ2n) is 7.10. The van der Waals surface area contributed by atoms with Crippen LogP contribution in [-0.4, -0.2) is 41.5 Å². The SMILES string of the molecule is NC(=O)c1c(C2CCc3ccccc3C2)nn(C[C@H]2CNCCO2)c1N. The van der Waals surface area contributed by atoms with Crippen LogP contribution in [0.4, 0.5) is 5.82 Å². The fourth-order valence-electron chi connectivity index (χ4n) is 4.03. The van der Waals surface area contributed by atoms with Gasteiger partial charge in [0.2, 0.25) is 0 Å². The van der Waals surface area contributed by atoms with Crippen molar-refractivity contribution >= 4 is 11.7 Å². The van der Waals surface area contributed by atoms with Crippen molar-refractivity contribution in [2.45, 2.75) is 37.8 Å². The van der Waals surface area contributed by atoms with Crippen molar-refractivity contribution in [3.8, 4) is 0 Å². The van der Waals surface area contributed by atoms with Crippen LogP contribution in [0.5, 0.6) is 0 Å². The number of nitrogen functional groups attached to an aromatic ring is 1. The molecule has 2 atom stereocenters. The molecule has 7 heteroatoms. The molecule has 1 fully saturated rings. The van der Waals surface area contributed by atoms with Crippen LogP contribution in [0.1, 0.15) is 39.5 Å². The second-order valence-corrected chi connectivity index (χ2v) is 7.10. The Hall–Kier alpha value is -2.38. The van der Waals surface area contributed by atoms with Crippen LogP contribution >= 0.6 is 0 Å². The summed E-state index contributed by atoms with van der Waals surface area (Å²) in [5, 5.41) is 8.00. The number of benzene rings is 1. The van der Waals surface area contributed by atoms with Crippen molar-refractivity contribution in [3.05, 3.63) is 46.6 Å². The number of morpholine rings is 1. The molecule has 0 saturated carbocycles. The Labute approximate surface area is 152 Å². The van der Waals surface area contributed by atoms with E-state index in [-0.39, 0.29) is 12.0 Å². The lowest BCUT2D eigenvalue weighted by Crippen LogP contribution is -2.41. The Balaban J connectivity index is 1.63. The van der Waals surface area contributed by atoms with E-state index in [0.717, 1.165) is 38.0 Å². The largest absolute Gasteiger partial charge is 0.383 e. The molecule has 7 nitrogen and oxygen atoms in total. The molecule has 138 valence electrons. The van der Waals surface area contributed by atoms with Crippen LogP contribution in [0.2, 0.25) is 0 Å². The highest BCUT2D eigenvalue weighted by Crippen LogP contribution is 2.35. The first-order chi connectivity index (χ1) is 12.6. The quantitative estimate of drug-likeness (QED) is 0.753. The van der Waals surface area contributed by atoms with Gasteiger partial charge in [-0.2, -0.15) is 5.10 Å². The molecule has 1 aromatic carbocycles. The molecule has 1 saturated heterocycles. The van der Waals surface area contributed by atoms with E-state index in [1.807, 2.05) is 0 Å². The van der Waals surface area contributed by atoms with Gasteiger partial charge in [0.1, 0.15) is 11.4 Å². The monoisotopic (exact) mass is 355 g/mol. The van der Waals surface area contributed by atoms with Gasteiger partial charge in [0.05, 0.1) is 24.9 Å². The standard InChI is InChI=1S/C19H25N5O2/c20-18-16(19(21)25)17(23-24(18)11-15-10-22-7-8-26-15)14-6-5-12-3-1-2-4-13(12)9-14/h1-4,14-15,22H,5-11,20H2,(H2,21,25)/t14?,15-/m1/s1. The first kappa shape index (κ1) is 17.1. The van der Waals surface area contributed by atoms with Gasteiger partial charge >= 0.3 is 0 Å². The molecular formula is C19H25N5O2. The third-order valence-electron chi connectivity index (χ3n) is 5.38. The molecule has 2 heterocycles. The molecule has 0 bridgehead atoms. The summed E-state index contributed by atoms with van der Waals surface area (Å²) in [7, 11) is 0. The average Bonchev–Trinajstić information content (AvgIpc) is 2.99. The molecule has 0 spiro atoms. The molecule has 5 N–H and O–H groups in total. The van der Waals surface area contributed by atoms with E-state index < -0.39 is 5.91 Å². The number of hydrogen-bond donors (Lipinski definition) is 3. The number of hydrogen-bond acceptors (Lipinski definition) is 5. The van der Waals surface area contributed by atoms with E-state index in [2.05, 4.69) is 29.6 Å². The Kier molecular flexibility index (Phi) is 4.65. The average molecular weight is 355 g/mol. The lowest BCUT2D eigenvalue weighted by Gasteiger charge is -2.24. The van der Waals surface area contributed by atoms with Crippen molar-refractivity contribution in [2.24, 2.45) is 5.73 Å². The van der Waals surface area contributed by atoms with Gasteiger partial charge < -0.3 is 21.5 Å². The maximum absolute atomic E-state index is 12.1. The van der Waals surface area contributed by atoms with Gasteiger partial charge in [-0.15, -0.1) is 0 Å². The molecule has 2 aromatic rings. The second kappa shape index (κ2) is 7.09. The minimum absolute atomic E-state index is 0.00777. The number of nitrogens with two attached hydrogens (primary N) is 2. The maximum Gasteiger partial charge on any atom is 0.254 e. The Bertz CT molecular complexity index is 810. The van der Waals surface area contributed by atoms with Crippen molar-refractivity contribution in [3.63, 3.8) is 0 Å². The third-order valence-corrected chi connectivity index (χ3v) is 5.38. The molecule has 1 aliphatic carbocycles. The highest BCUT2D eigenvalue weighted by atomic mass is 16.5. The summed E-state index contributed by atoms with van der Waals surface area (Å²) in [4.78, 5) is 12.1. The lowest BCUT2D eigenvalue weighted by molar-refractivity contribution is 0.0164. The first-order valence-electron chi connectivity index (χ1n) is 9.18. The zero-order chi connectivity index (χ0) is 18.1. The van der Waals surface area contributed by atoms with E-state index in [1.165, 1.54) is 11.1 Å². The van der Waals surface area contributed by atoms with Crippen molar-refractivity contribution in [1.82, 2.24) is 15.1 Å². The Morgan fingerprint density at radius 1 is 1.35 bits per heavy atom. The van der Waals surface area contributed by atoms with Gasteiger partial charge in [-0.05, 0) is 30.4 Å². The molecule has 2 aliphatic rings. The number of amides is 1. The molecule has 1 amide bonds. The first-order valence-corrected chi connectivity index (χ1v) is 9.18. The van der Waals surface area contributed by atoms with Gasteiger partial charge in [0.15, 0.2) is 0 Å². The molecular weight excluding hydrogens is 330 g/mol. The zero-order valence-corrected chi connectivity index (χ0v) is 14.8. The number of fused-ring (bicyclic) bond motifs is 1. The number of aryl methyl sites for hydroxylation is 1. The number of rotatable bonds is 4. The van der Waals surface area contributed by atoms with E-state index in [9.17, 15) is 4.79 Å². The normalized spacial score (nSPS) is 22.8. The fraction of sp³-hybridized carbons (Fsp3) is 0.474. The smallest absolute Gasteiger partial charge is 0.254 e. The van der Waals surface area contributed by atoms with Crippen molar-refractivity contribution < 1.29 is 9.53 Å². The number of nitrogens with zero attached hydrogens (tertiary/aromatic N) is 2. The van der Waals surface area contributed by atoms with Gasteiger partial charge in [-0.1, -0.05) is 24.3 Å². The van der Waals surface area contributed by atoms with E-state index >= 15 is 0 Å². The van der Waals surface area contributed by atoms with E-state index in [4.69, 9.17) is 21.3 Å². The number of ether oxygens (including phenoxy) is 1.